The molecule has 0 aromatic carbocycles. The second-order valence-corrected chi connectivity index (χ2v) is 3.54. The van der Waals surface area contributed by atoms with Gasteiger partial charge in [0, 0.05) is 23.8 Å². The highest BCUT2D eigenvalue weighted by Gasteiger charge is 2.28. The summed E-state index contributed by atoms with van der Waals surface area (Å²) in [7, 11) is 1.34. The van der Waals surface area contributed by atoms with Crippen molar-refractivity contribution >= 4 is 0 Å². The van der Waals surface area contributed by atoms with Crippen molar-refractivity contribution in [3.8, 4) is 0 Å². The average molecular weight is 203 g/mol. The summed E-state index contributed by atoms with van der Waals surface area (Å²) in [6.45, 7) is 0. The van der Waals surface area contributed by atoms with Gasteiger partial charge in [-0.1, -0.05) is 5.53 Å². The Hall–Kier alpha value is -1.24. The zero-order valence-corrected chi connectivity index (χ0v) is 8.10. The molecule has 1 aliphatic rings. The predicted octanol–water partition coefficient (Wildman–Crippen LogP) is -0.00780. The van der Waals surface area contributed by atoms with E-state index in [-0.39, 0.29) is 11.0 Å². The maximum absolute atomic E-state index is 10.5. The van der Waals surface area contributed by atoms with Gasteiger partial charge in [-0.25, -0.2) is 0 Å². The molecule has 0 unspecified atom stereocenters. The molecule has 0 amide bonds. The molecule has 0 atom stereocenters. The summed E-state index contributed by atoms with van der Waals surface area (Å²) >= 11 is 0. The van der Waals surface area contributed by atoms with Crippen LogP contribution in [0.3, 0.4) is 0 Å². The van der Waals surface area contributed by atoms with Crippen molar-refractivity contribution < 1.29 is 9.79 Å². The van der Waals surface area contributed by atoms with Crippen LogP contribution in [0.4, 0.5) is 0 Å². The van der Waals surface area contributed by atoms with Gasteiger partial charge in [0.05, 0.1) is 4.91 Å². The molecule has 0 aliphatic heterocycles. The van der Waals surface area contributed by atoms with Crippen LogP contribution < -0.4 is 11.0 Å². The lowest BCUT2D eigenvalue weighted by molar-refractivity contribution is -0.591. The first-order chi connectivity index (χ1) is 6.59. The Balaban J connectivity index is 2.22. The number of hydrazine groups is 2. The number of hydrogen-bond donors (Lipinski definition) is 2. The topological polar surface area (TPSA) is 87.3 Å². The van der Waals surface area contributed by atoms with Crippen molar-refractivity contribution in [3.63, 3.8) is 0 Å². The van der Waals surface area contributed by atoms with Crippen LogP contribution in [0.2, 0.25) is 0 Å². The zero-order chi connectivity index (χ0) is 10.6. The lowest BCUT2D eigenvalue weighted by Gasteiger charge is -2.22. The first-order valence-corrected chi connectivity index (χ1v) is 4.65. The number of hydrogen-bond acceptors (Lipinski definition) is 4. The highest BCUT2D eigenvalue weighted by Crippen LogP contribution is 2.19. The molecular weight excluding hydrogens is 188 g/mol. The van der Waals surface area contributed by atoms with Gasteiger partial charge in [0.1, 0.15) is 4.87 Å². The Bertz CT molecular complexity index is 225. The molecule has 1 fully saturated rings. The van der Waals surface area contributed by atoms with Gasteiger partial charge in [-0.2, -0.15) is 5.43 Å². The lowest BCUT2D eigenvalue weighted by Crippen LogP contribution is -2.47. The van der Waals surface area contributed by atoms with E-state index in [2.05, 4.69) is 11.0 Å². The number of nitroso groups, excluding NO2 is 1. The van der Waals surface area contributed by atoms with E-state index in [1.54, 1.807) is 0 Å². The van der Waals surface area contributed by atoms with Crippen LogP contribution in [0.15, 0.2) is 0 Å². The van der Waals surface area contributed by atoms with Crippen LogP contribution in [0.25, 0.3) is 0 Å². The molecule has 0 saturated heterocycles. The summed E-state index contributed by atoms with van der Waals surface area (Å²) < 4.78 is 0. The summed E-state index contributed by atoms with van der Waals surface area (Å²) in [5.41, 5.74) is 5.24. The molecule has 0 aromatic heterocycles. The predicted molar refractivity (Wildman–Crippen MR) is 48.9 cm³/mol. The van der Waals surface area contributed by atoms with Crippen LogP contribution >= 0.6 is 0 Å². The van der Waals surface area contributed by atoms with Gasteiger partial charge in [0.2, 0.25) is 13.1 Å². The van der Waals surface area contributed by atoms with Crippen molar-refractivity contribution in [2.24, 2.45) is 0 Å². The first kappa shape index (κ1) is 10.8. The maximum atomic E-state index is 10.5. The fourth-order valence-electron chi connectivity index (χ4n) is 1.61. The second kappa shape index (κ2) is 4.85. The zero-order valence-electron chi connectivity index (χ0n) is 8.10. The van der Waals surface area contributed by atoms with Crippen molar-refractivity contribution in [1.82, 2.24) is 11.0 Å². The van der Waals surface area contributed by atoms with E-state index >= 15 is 0 Å². The fraction of sp³-hybridized carbons (Fsp3) is 1.00. The van der Waals surface area contributed by atoms with Crippen molar-refractivity contribution in [3.05, 3.63) is 15.0 Å². The van der Waals surface area contributed by atoms with E-state index in [0.717, 1.165) is 12.8 Å². The van der Waals surface area contributed by atoms with Crippen LogP contribution in [0.1, 0.15) is 25.7 Å². The number of rotatable bonds is 4. The van der Waals surface area contributed by atoms with Gasteiger partial charge < -0.3 is 0 Å². The van der Waals surface area contributed by atoms with Crippen molar-refractivity contribution in [2.75, 3.05) is 7.05 Å². The molecule has 1 rings (SSSR count). The van der Waals surface area contributed by atoms with Crippen molar-refractivity contribution in [1.29, 1.82) is 0 Å². The largest absolute Gasteiger partial charge is 0.264 e. The third-order valence-corrected chi connectivity index (χ3v) is 2.42. The molecule has 0 bridgehead atoms. The summed E-state index contributed by atoms with van der Waals surface area (Å²) in [6, 6.07) is -0.249. The molecule has 2 N–H and O–H groups in total. The third kappa shape index (κ3) is 3.25. The van der Waals surface area contributed by atoms with E-state index in [0.29, 0.717) is 17.7 Å². The molecule has 0 radical (unpaired) electrons. The molecule has 80 valence electrons. The van der Waals surface area contributed by atoms with Crippen LogP contribution in [-0.2, 0) is 0 Å². The quantitative estimate of drug-likeness (QED) is 0.381. The summed E-state index contributed by atoms with van der Waals surface area (Å²) in [5.74, 6) is 0. The SMILES string of the molecule is C[N+](=O)NNC1CCC([N+](=O)[O-])CC1. The minimum absolute atomic E-state index is 0.155. The van der Waals surface area contributed by atoms with E-state index in [9.17, 15) is 15.0 Å². The second-order valence-electron chi connectivity index (χ2n) is 3.54. The lowest BCUT2D eigenvalue weighted by atomic mass is 9.92. The standard InChI is InChI=1S/C7H15N4O3/c1-10(12)9-8-6-2-4-7(5-3-6)11(13)14/h6-8H,2-5H2,1H3,(H,9,12)/q+1. The Kier molecular flexibility index (Phi) is 3.75. The van der Waals surface area contributed by atoms with E-state index < -0.39 is 6.04 Å². The monoisotopic (exact) mass is 203 g/mol. The highest BCUT2D eigenvalue weighted by atomic mass is 16.6. The average Bonchev–Trinajstić information content (AvgIpc) is 2.15. The van der Waals surface area contributed by atoms with Gasteiger partial charge in [-0.3, -0.25) is 10.1 Å². The molecule has 1 saturated carbocycles. The summed E-state index contributed by atoms with van der Waals surface area (Å²) in [5, 5.41) is 10.4. The minimum Gasteiger partial charge on any atom is -0.264 e. The molecular formula is C7H15N4O3+. The highest BCUT2D eigenvalue weighted by molar-refractivity contribution is 4.74. The minimum atomic E-state index is -0.405. The molecule has 0 spiro atoms. The van der Waals surface area contributed by atoms with E-state index in [1.165, 1.54) is 7.05 Å². The van der Waals surface area contributed by atoms with Gasteiger partial charge in [-0.15, -0.1) is 0 Å². The van der Waals surface area contributed by atoms with Gasteiger partial charge in [-0.05, 0) is 12.8 Å². The maximum Gasteiger partial charge on any atom is 0.217 e. The summed E-state index contributed by atoms with van der Waals surface area (Å²) in [6.07, 6.45) is 2.61. The van der Waals surface area contributed by atoms with Crippen molar-refractivity contribution in [2.45, 2.75) is 37.8 Å². The van der Waals surface area contributed by atoms with Gasteiger partial charge in [0.15, 0.2) is 0 Å². The number of nitrogens with one attached hydrogen (secondary N) is 2. The Morgan fingerprint density at radius 1 is 1.21 bits per heavy atom. The molecule has 7 nitrogen and oxygen atoms in total. The Morgan fingerprint density at radius 2 is 1.79 bits per heavy atom. The van der Waals surface area contributed by atoms with Gasteiger partial charge >= 0.3 is 0 Å². The smallest absolute Gasteiger partial charge is 0.217 e. The van der Waals surface area contributed by atoms with Crippen LogP contribution in [0, 0.1) is 15.0 Å². The van der Waals surface area contributed by atoms with E-state index in [1.807, 2.05) is 0 Å². The molecule has 14 heavy (non-hydrogen) atoms. The Labute approximate surface area is 81.5 Å². The fourth-order valence-corrected chi connectivity index (χ4v) is 1.61. The number of nitrogens with zero attached hydrogens (tertiary/aromatic N) is 2. The van der Waals surface area contributed by atoms with Crippen LogP contribution in [-0.4, -0.2) is 28.9 Å². The third-order valence-electron chi connectivity index (χ3n) is 2.42. The normalized spacial score (nSPS) is 26.9. The Morgan fingerprint density at radius 3 is 2.21 bits per heavy atom. The summed E-state index contributed by atoms with van der Waals surface area (Å²) in [4.78, 5) is 21.3. The molecule has 7 heteroatoms. The van der Waals surface area contributed by atoms with Crippen LogP contribution in [0.5, 0.6) is 0 Å². The van der Waals surface area contributed by atoms with Gasteiger partial charge in [0.25, 0.3) is 0 Å². The first-order valence-electron chi connectivity index (χ1n) is 4.65. The molecule has 0 heterocycles. The molecule has 1 aliphatic carbocycles. The van der Waals surface area contributed by atoms with E-state index in [4.69, 9.17) is 0 Å². The number of nitro groups is 1. The molecule has 0 aromatic rings.